The van der Waals surface area contributed by atoms with Crippen molar-refractivity contribution in [3.63, 3.8) is 0 Å². The number of nitrogens with one attached hydrogen (secondary N) is 1. The quantitative estimate of drug-likeness (QED) is 0.815. The summed E-state index contributed by atoms with van der Waals surface area (Å²) in [6, 6.07) is 3.04. The molecule has 0 saturated carbocycles. The van der Waals surface area contributed by atoms with E-state index in [0.29, 0.717) is 13.2 Å². The average molecular weight is 250 g/mol. The minimum absolute atomic E-state index is 0.01000. The lowest BCUT2D eigenvalue weighted by Gasteiger charge is -2.10. The van der Waals surface area contributed by atoms with Crippen molar-refractivity contribution in [1.82, 2.24) is 10.3 Å². The summed E-state index contributed by atoms with van der Waals surface area (Å²) >= 11 is 0. The van der Waals surface area contributed by atoms with Crippen LogP contribution < -0.4 is 5.32 Å². The van der Waals surface area contributed by atoms with Crippen molar-refractivity contribution in [2.75, 3.05) is 6.61 Å². The highest BCUT2D eigenvalue weighted by atomic mass is 16.5. The minimum atomic E-state index is -1.06. The van der Waals surface area contributed by atoms with Crippen molar-refractivity contribution < 1.29 is 19.4 Å². The van der Waals surface area contributed by atoms with Crippen molar-refractivity contribution in [1.29, 1.82) is 0 Å². The van der Waals surface area contributed by atoms with Crippen LogP contribution in [0.1, 0.15) is 28.9 Å². The van der Waals surface area contributed by atoms with E-state index in [9.17, 15) is 9.59 Å². The fraction of sp³-hybridized carbons (Fsp3) is 0.417. The lowest BCUT2D eigenvalue weighted by atomic mass is 10.2. The van der Waals surface area contributed by atoms with E-state index < -0.39 is 5.97 Å². The maximum absolute atomic E-state index is 11.6. The molecule has 0 radical (unpaired) electrons. The molecule has 18 heavy (non-hydrogen) atoms. The van der Waals surface area contributed by atoms with Gasteiger partial charge in [0.2, 0.25) is 5.91 Å². The first-order valence-electron chi connectivity index (χ1n) is 5.74. The maximum Gasteiger partial charge on any atom is 0.354 e. The molecule has 0 bridgehead atoms. The fourth-order valence-electron chi connectivity index (χ4n) is 1.74. The number of hydrogen-bond acceptors (Lipinski definition) is 4. The van der Waals surface area contributed by atoms with E-state index in [2.05, 4.69) is 10.3 Å². The summed E-state index contributed by atoms with van der Waals surface area (Å²) in [4.78, 5) is 26.0. The molecular weight excluding hydrogens is 236 g/mol. The summed E-state index contributed by atoms with van der Waals surface area (Å²) in [5.41, 5.74) is 0.746. The molecule has 1 atom stereocenters. The topological polar surface area (TPSA) is 88.5 Å². The van der Waals surface area contributed by atoms with Crippen molar-refractivity contribution in [3.8, 4) is 0 Å². The molecule has 1 aromatic heterocycles. The molecule has 1 aromatic rings. The van der Waals surface area contributed by atoms with E-state index in [4.69, 9.17) is 9.84 Å². The number of pyridine rings is 1. The van der Waals surface area contributed by atoms with Gasteiger partial charge in [-0.25, -0.2) is 9.78 Å². The summed E-state index contributed by atoms with van der Waals surface area (Å²) in [5.74, 6) is -1.19. The number of carbonyl (C=O) groups excluding carboxylic acids is 1. The van der Waals surface area contributed by atoms with Gasteiger partial charge in [-0.2, -0.15) is 0 Å². The smallest absolute Gasteiger partial charge is 0.354 e. The Morgan fingerprint density at radius 2 is 2.33 bits per heavy atom. The highest BCUT2D eigenvalue weighted by Gasteiger charge is 2.22. The molecule has 1 amide bonds. The number of ether oxygens (including phenoxy) is 1. The van der Waals surface area contributed by atoms with Crippen LogP contribution >= 0.6 is 0 Å². The van der Waals surface area contributed by atoms with Gasteiger partial charge in [-0.3, -0.25) is 4.79 Å². The van der Waals surface area contributed by atoms with E-state index in [0.717, 1.165) is 18.4 Å². The van der Waals surface area contributed by atoms with Gasteiger partial charge >= 0.3 is 5.97 Å². The van der Waals surface area contributed by atoms with Crippen LogP contribution in [-0.4, -0.2) is 34.7 Å². The molecule has 6 nitrogen and oxygen atoms in total. The fourth-order valence-corrected chi connectivity index (χ4v) is 1.74. The predicted molar refractivity (Wildman–Crippen MR) is 62.0 cm³/mol. The Kier molecular flexibility index (Phi) is 3.88. The number of hydrogen-bond donors (Lipinski definition) is 2. The van der Waals surface area contributed by atoms with Gasteiger partial charge < -0.3 is 15.2 Å². The largest absolute Gasteiger partial charge is 0.477 e. The van der Waals surface area contributed by atoms with Gasteiger partial charge in [0.1, 0.15) is 11.8 Å². The van der Waals surface area contributed by atoms with Gasteiger partial charge in [-0.15, -0.1) is 0 Å². The second-order valence-electron chi connectivity index (χ2n) is 4.08. The van der Waals surface area contributed by atoms with Crippen molar-refractivity contribution in [2.45, 2.75) is 25.5 Å². The molecule has 6 heteroatoms. The highest BCUT2D eigenvalue weighted by Crippen LogP contribution is 2.12. The van der Waals surface area contributed by atoms with E-state index in [1.165, 1.54) is 12.3 Å². The normalized spacial score (nSPS) is 18.6. The molecular formula is C12H14N2O4. The first-order chi connectivity index (χ1) is 8.66. The van der Waals surface area contributed by atoms with E-state index in [-0.39, 0.29) is 17.7 Å². The summed E-state index contributed by atoms with van der Waals surface area (Å²) < 4.78 is 5.25. The van der Waals surface area contributed by atoms with Gasteiger partial charge in [-0.1, -0.05) is 6.07 Å². The zero-order valence-corrected chi connectivity index (χ0v) is 9.76. The van der Waals surface area contributed by atoms with Gasteiger partial charge in [0.15, 0.2) is 0 Å². The number of rotatable bonds is 4. The van der Waals surface area contributed by atoms with Crippen molar-refractivity contribution in [3.05, 3.63) is 29.6 Å². The maximum atomic E-state index is 11.6. The molecule has 1 aliphatic rings. The van der Waals surface area contributed by atoms with E-state index in [1.54, 1.807) is 6.07 Å². The van der Waals surface area contributed by atoms with Crippen LogP contribution in [0, 0.1) is 0 Å². The highest BCUT2D eigenvalue weighted by molar-refractivity contribution is 5.85. The van der Waals surface area contributed by atoms with Gasteiger partial charge in [-0.05, 0) is 24.5 Å². The second-order valence-corrected chi connectivity index (χ2v) is 4.08. The van der Waals surface area contributed by atoms with Crippen LogP contribution in [0.2, 0.25) is 0 Å². The predicted octanol–water partition coefficient (Wildman–Crippen LogP) is 0.575. The summed E-state index contributed by atoms with van der Waals surface area (Å²) in [7, 11) is 0. The summed E-state index contributed by atoms with van der Waals surface area (Å²) in [6.45, 7) is 0.957. The molecule has 1 unspecified atom stereocenters. The Morgan fingerprint density at radius 3 is 2.89 bits per heavy atom. The molecule has 96 valence electrons. The number of aromatic carboxylic acids is 1. The lowest BCUT2D eigenvalue weighted by Crippen LogP contribution is -2.33. The van der Waals surface area contributed by atoms with Crippen LogP contribution in [-0.2, 0) is 16.1 Å². The molecule has 2 rings (SSSR count). The van der Waals surface area contributed by atoms with Crippen LogP contribution in [0.4, 0.5) is 0 Å². The first kappa shape index (κ1) is 12.5. The number of carboxylic acids is 1. The molecule has 1 saturated heterocycles. The van der Waals surface area contributed by atoms with Crippen LogP contribution in [0.3, 0.4) is 0 Å². The van der Waals surface area contributed by atoms with E-state index >= 15 is 0 Å². The van der Waals surface area contributed by atoms with Gasteiger partial charge in [0.25, 0.3) is 0 Å². The first-order valence-corrected chi connectivity index (χ1v) is 5.74. The van der Waals surface area contributed by atoms with Crippen LogP contribution in [0.15, 0.2) is 18.3 Å². The number of carbonyl (C=O) groups is 2. The Hall–Kier alpha value is -1.95. The second kappa shape index (κ2) is 5.59. The number of carboxylic acid groups (broad SMARTS) is 1. The monoisotopic (exact) mass is 250 g/mol. The third-order valence-corrected chi connectivity index (χ3v) is 2.73. The van der Waals surface area contributed by atoms with Crippen LogP contribution in [0.25, 0.3) is 0 Å². The number of nitrogens with zero attached hydrogens (tertiary/aromatic N) is 1. The SMILES string of the molecule is O=C(O)c1ccc(CNC(=O)C2CCCO2)cn1. The lowest BCUT2D eigenvalue weighted by molar-refractivity contribution is -0.130. The minimum Gasteiger partial charge on any atom is -0.477 e. The molecule has 1 aliphatic heterocycles. The van der Waals surface area contributed by atoms with Crippen LogP contribution in [0.5, 0.6) is 0 Å². The average Bonchev–Trinajstić information content (AvgIpc) is 2.90. The van der Waals surface area contributed by atoms with E-state index in [1.807, 2.05) is 0 Å². The van der Waals surface area contributed by atoms with Crippen molar-refractivity contribution >= 4 is 11.9 Å². The Balaban J connectivity index is 1.86. The molecule has 2 heterocycles. The number of amides is 1. The molecule has 0 aliphatic carbocycles. The zero-order valence-electron chi connectivity index (χ0n) is 9.76. The summed E-state index contributed by atoms with van der Waals surface area (Å²) in [5, 5.41) is 11.4. The Morgan fingerprint density at radius 1 is 1.50 bits per heavy atom. The molecule has 0 spiro atoms. The van der Waals surface area contributed by atoms with Crippen molar-refractivity contribution in [2.24, 2.45) is 0 Å². The molecule has 1 fully saturated rings. The molecule has 0 aromatic carbocycles. The van der Waals surface area contributed by atoms with Gasteiger partial charge in [0, 0.05) is 19.3 Å². The van der Waals surface area contributed by atoms with Gasteiger partial charge in [0.05, 0.1) is 0 Å². The third kappa shape index (κ3) is 3.04. The number of aromatic nitrogens is 1. The Bertz CT molecular complexity index is 438. The Labute approximate surface area is 104 Å². The standard InChI is InChI=1S/C12H14N2O4/c15-11(10-2-1-5-18-10)14-7-8-3-4-9(12(16)17)13-6-8/h3-4,6,10H,1-2,5,7H2,(H,14,15)(H,16,17). The zero-order chi connectivity index (χ0) is 13.0. The summed E-state index contributed by atoms with van der Waals surface area (Å²) in [6.07, 6.45) is 2.75. The third-order valence-electron chi connectivity index (χ3n) is 2.73. The molecule has 2 N–H and O–H groups in total.